The Morgan fingerprint density at radius 3 is 2.52 bits per heavy atom. The third kappa shape index (κ3) is 4.64. The summed E-state index contributed by atoms with van der Waals surface area (Å²) in [6.07, 6.45) is -0.0458. The number of ketones is 1. The first-order valence-electron chi connectivity index (χ1n) is 10.6. The zero-order valence-corrected chi connectivity index (χ0v) is 19.5. The summed E-state index contributed by atoms with van der Waals surface area (Å²) in [6, 6.07) is 17.2. The van der Waals surface area contributed by atoms with E-state index in [1.165, 1.54) is 16.2 Å². The van der Waals surface area contributed by atoms with Crippen LogP contribution in [0.2, 0.25) is 0 Å². The van der Waals surface area contributed by atoms with Gasteiger partial charge in [0.2, 0.25) is 0 Å². The van der Waals surface area contributed by atoms with Gasteiger partial charge < -0.3 is 19.5 Å². The Morgan fingerprint density at radius 2 is 1.82 bits per heavy atom. The Kier molecular flexibility index (Phi) is 6.51. The van der Waals surface area contributed by atoms with E-state index in [1.807, 2.05) is 37.4 Å². The molecule has 0 saturated carbocycles. The van der Waals surface area contributed by atoms with Crippen LogP contribution in [0.1, 0.15) is 35.9 Å². The highest BCUT2D eigenvalue weighted by Crippen LogP contribution is 2.41. The molecule has 1 aromatic heterocycles. The number of Topliss-reactive ketones (excluding diaryl/α,β-unsaturated/α-hetero) is 1. The van der Waals surface area contributed by atoms with Crippen molar-refractivity contribution >= 4 is 28.8 Å². The van der Waals surface area contributed by atoms with Gasteiger partial charge in [0, 0.05) is 10.4 Å². The van der Waals surface area contributed by atoms with Crippen molar-refractivity contribution in [1.82, 2.24) is 4.90 Å². The quantitative estimate of drug-likeness (QED) is 0.297. The number of carbonyl (C=O) groups is 2. The van der Waals surface area contributed by atoms with Crippen molar-refractivity contribution in [2.45, 2.75) is 32.5 Å². The highest BCUT2D eigenvalue weighted by Gasteiger charge is 2.46. The third-order valence-corrected chi connectivity index (χ3v) is 6.20. The van der Waals surface area contributed by atoms with Gasteiger partial charge in [0.1, 0.15) is 17.3 Å². The molecule has 1 aliphatic heterocycles. The van der Waals surface area contributed by atoms with E-state index in [0.29, 0.717) is 22.6 Å². The van der Waals surface area contributed by atoms with Crippen LogP contribution < -0.4 is 9.47 Å². The van der Waals surface area contributed by atoms with Crippen LogP contribution in [0.15, 0.2) is 71.6 Å². The number of thiophene rings is 1. The molecule has 0 spiro atoms. The lowest BCUT2D eigenvalue weighted by Crippen LogP contribution is -2.28. The molecule has 33 heavy (non-hydrogen) atoms. The van der Waals surface area contributed by atoms with Crippen molar-refractivity contribution in [3.05, 3.63) is 87.6 Å². The lowest BCUT2D eigenvalue weighted by Gasteiger charge is -2.25. The maximum Gasteiger partial charge on any atom is 0.295 e. The third-order valence-electron chi connectivity index (χ3n) is 5.34. The van der Waals surface area contributed by atoms with Gasteiger partial charge in [-0.3, -0.25) is 9.59 Å². The SMILES string of the molecule is COc1cccc(C2/C(=C(/O)c3cccc(OC(C)C)c3)C(=O)C(=O)N2Cc2cccs2)c1. The number of aliphatic hydroxyl groups is 1. The van der Waals surface area contributed by atoms with E-state index in [-0.39, 0.29) is 24.0 Å². The van der Waals surface area contributed by atoms with Gasteiger partial charge in [0.15, 0.2) is 0 Å². The minimum Gasteiger partial charge on any atom is -0.507 e. The molecule has 3 aromatic rings. The number of aliphatic hydroxyl groups excluding tert-OH is 1. The number of rotatable bonds is 7. The molecule has 0 radical (unpaired) electrons. The van der Waals surface area contributed by atoms with E-state index in [9.17, 15) is 14.7 Å². The number of nitrogens with zero attached hydrogens (tertiary/aromatic N) is 1. The number of amides is 1. The average molecular weight is 464 g/mol. The number of methoxy groups -OCH3 is 1. The molecule has 4 rings (SSSR count). The molecule has 0 bridgehead atoms. The number of ether oxygens (including phenoxy) is 2. The van der Waals surface area contributed by atoms with E-state index in [2.05, 4.69) is 0 Å². The van der Waals surface area contributed by atoms with Crippen LogP contribution in [0, 0.1) is 0 Å². The Morgan fingerprint density at radius 1 is 1.06 bits per heavy atom. The summed E-state index contributed by atoms with van der Waals surface area (Å²) in [6.45, 7) is 4.08. The van der Waals surface area contributed by atoms with E-state index >= 15 is 0 Å². The number of likely N-dealkylation sites (tertiary alicyclic amines) is 1. The summed E-state index contributed by atoms with van der Waals surface area (Å²) in [7, 11) is 1.56. The molecular weight excluding hydrogens is 438 g/mol. The zero-order valence-electron chi connectivity index (χ0n) is 18.6. The van der Waals surface area contributed by atoms with Crippen molar-refractivity contribution in [3.8, 4) is 11.5 Å². The molecule has 2 aromatic carbocycles. The summed E-state index contributed by atoms with van der Waals surface area (Å²) in [5.41, 5.74) is 1.14. The lowest BCUT2D eigenvalue weighted by atomic mass is 9.95. The van der Waals surface area contributed by atoms with Gasteiger partial charge >= 0.3 is 0 Å². The van der Waals surface area contributed by atoms with E-state index < -0.39 is 17.7 Å². The second-order valence-corrected chi connectivity index (χ2v) is 9.01. The highest BCUT2D eigenvalue weighted by atomic mass is 32.1. The molecule has 0 aliphatic carbocycles. The molecule has 2 heterocycles. The molecule has 1 N–H and O–H groups in total. The number of hydrogen-bond donors (Lipinski definition) is 1. The fraction of sp³-hybridized carbons (Fsp3) is 0.231. The van der Waals surface area contributed by atoms with Gasteiger partial charge in [-0.05, 0) is 55.1 Å². The van der Waals surface area contributed by atoms with Crippen LogP contribution in [0.3, 0.4) is 0 Å². The standard InChI is InChI=1S/C26H25NO5S/c1-16(2)32-20-10-5-8-18(14-20)24(28)22-23(17-7-4-9-19(13-17)31-3)27(26(30)25(22)29)15-21-11-6-12-33-21/h4-14,16,23,28H,15H2,1-3H3/b24-22-. The zero-order chi connectivity index (χ0) is 23.5. The van der Waals surface area contributed by atoms with Crippen molar-refractivity contribution in [1.29, 1.82) is 0 Å². The molecule has 7 heteroatoms. The Labute approximate surface area is 196 Å². The molecule has 1 saturated heterocycles. The van der Waals surface area contributed by atoms with Crippen LogP contribution in [0.5, 0.6) is 11.5 Å². The molecule has 6 nitrogen and oxygen atoms in total. The van der Waals surface area contributed by atoms with E-state index in [4.69, 9.17) is 9.47 Å². The number of hydrogen-bond acceptors (Lipinski definition) is 6. The van der Waals surface area contributed by atoms with Gasteiger partial charge in [-0.1, -0.05) is 30.3 Å². The Balaban J connectivity index is 1.85. The van der Waals surface area contributed by atoms with Gasteiger partial charge in [0.05, 0.1) is 31.4 Å². The molecule has 1 amide bonds. The molecule has 1 unspecified atom stereocenters. The van der Waals surface area contributed by atoms with E-state index in [0.717, 1.165) is 4.88 Å². The van der Waals surface area contributed by atoms with Crippen molar-refractivity contribution in [3.63, 3.8) is 0 Å². The van der Waals surface area contributed by atoms with E-state index in [1.54, 1.807) is 49.6 Å². The Bertz CT molecular complexity index is 1200. The predicted molar refractivity (Wildman–Crippen MR) is 127 cm³/mol. The first-order chi connectivity index (χ1) is 15.9. The number of benzene rings is 2. The summed E-state index contributed by atoms with van der Waals surface area (Å²) in [5.74, 6) is -0.426. The van der Waals surface area contributed by atoms with Gasteiger partial charge in [-0.2, -0.15) is 0 Å². The lowest BCUT2D eigenvalue weighted by molar-refractivity contribution is -0.140. The molecule has 1 aliphatic rings. The minimum atomic E-state index is -0.753. The summed E-state index contributed by atoms with van der Waals surface area (Å²) in [4.78, 5) is 28.7. The molecular formula is C26H25NO5S. The van der Waals surface area contributed by atoms with Crippen LogP contribution in [0.4, 0.5) is 0 Å². The summed E-state index contributed by atoms with van der Waals surface area (Å²) in [5, 5.41) is 13.2. The predicted octanol–water partition coefficient (Wildman–Crippen LogP) is 5.17. The molecule has 1 atom stereocenters. The minimum absolute atomic E-state index is 0.0458. The number of carbonyl (C=O) groups excluding carboxylic acids is 2. The smallest absolute Gasteiger partial charge is 0.295 e. The van der Waals surface area contributed by atoms with Crippen LogP contribution in [-0.4, -0.2) is 34.9 Å². The normalized spacial score (nSPS) is 17.6. The molecule has 170 valence electrons. The fourth-order valence-electron chi connectivity index (χ4n) is 3.92. The highest BCUT2D eigenvalue weighted by molar-refractivity contribution is 7.09. The monoisotopic (exact) mass is 463 g/mol. The Hall–Kier alpha value is -3.58. The fourth-order valence-corrected chi connectivity index (χ4v) is 4.62. The second-order valence-electron chi connectivity index (χ2n) is 7.98. The van der Waals surface area contributed by atoms with Gasteiger partial charge in [0.25, 0.3) is 11.7 Å². The second kappa shape index (κ2) is 9.50. The van der Waals surface area contributed by atoms with Crippen LogP contribution >= 0.6 is 11.3 Å². The largest absolute Gasteiger partial charge is 0.507 e. The maximum atomic E-state index is 13.2. The average Bonchev–Trinajstić information content (AvgIpc) is 3.41. The van der Waals surface area contributed by atoms with Crippen molar-refractivity contribution in [2.75, 3.05) is 7.11 Å². The topological polar surface area (TPSA) is 76.1 Å². The van der Waals surface area contributed by atoms with Gasteiger partial charge in [-0.15, -0.1) is 11.3 Å². The first kappa shape index (κ1) is 22.6. The van der Waals surface area contributed by atoms with Crippen LogP contribution in [-0.2, 0) is 16.1 Å². The van der Waals surface area contributed by atoms with Crippen molar-refractivity contribution < 1.29 is 24.2 Å². The maximum absolute atomic E-state index is 13.2. The molecule has 1 fully saturated rings. The summed E-state index contributed by atoms with van der Waals surface area (Å²) < 4.78 is 11.1. The first-order valence-corrected chi connectivity index (χ1v) is 11.5. The van der Waals surface area contributed by atoms with Gasteiger partial charge in [-0.25, -0.2) is 0 Å². The summed E-state index contributed by atoms with van der Waals surface area (Å²) >= 11 is 1.51. The van der Waals surface area contributed by atoms with Crippen LogP contribution in [0.25, 0.3) is 5.76 Å². The van der Waals surface area contributed by atoms with Crippen molar-refractivity contribution in [2.24, 2.45) is 0 Å².